The first kappa shape index (κ1) is 22.7. The van der Waals surface area contributed by atoms with Gasteiger partial charge in [0, 0.05) is 11.1 Å². The van der Waals surface area contributed by atoms with Crippen LogP contribution in [0.4, 0.5) is 5.82 Å². The zero-order chi connectivity index (χ0) is 25.1. The van der Waals surface area contributed by atoms with E-state index in [1.807, 2.05) is 56.3 Å². The van der Waals surface area contributed by atoms with E-state index in [0.717, 1.165) is 16.3 Å². The molecule has 0 saturated carbocycles. The van der Waals surface area contributed by atoms with Gasteiger partial charge in [-0.15, -0.1) is 5.10 Å². The Kier molecular flexibility index (Phi) is 6.10. The maximum atomic E-state index is 13.2. The molecule has 180 valence electrons. The zero-order valence-electron chi connectivity index (χ0n) is 19.5. The van der Waals surface area contributed by atoms with Crippen molar-refractivity contribution in [2.75, 3.05) is 12.3 Å². The molecule has 1 amide bonds. The Hall–Kier alpha value is -5.06. The van der Waals surface area contributed by atoms with E-state index in [4.69, 9.17) is 15.1 Å². The molecule has 0 bridgehead atoms. The van der Waals surface area contributed by atoms with Gasteiger partial charge in [-0.3, -0.25) is 4.79 Å². The topological polar surface area (TPSA) is 146 Å². The predicted molar refractivity (Wildman–Crippen MR) is 134 cm³/mol. The molecule has 0 fully saturated rings. The minimum atomic E-state index is -0.556. The smallest absolute Gasteiger partial charge is 0.294 e. The SMILES string of the molecule is CCOc1ccc(-c2c(C(=O)N/N=C(\C)c3cccc4ccccc34)nnn2-c2nonc2N)cc1. The van der Waals surface area contributed by atoms with Gasteiger partial charge in [0.2, 0.25) is 11.6 Å². The highest BCUT2D eigenvalue weighted by molar-refractivity contribution is 6.10. The molecular formula is C25H22N8O3. The molecule has 2 heterocycles. The lowest BCUT2D eigenvalue weighted by Crippen LogP contribution is -2.21. The zero-order valence-corrected chi connectivity index (χ0v) is 19.5. The Morgan fingerprint density at radius 3 is 2.61 bits per heavy atom. The van der Waals surface area contributed by atoms with Crippen LogP contribution in [0.15, 0.2) is 76.5 Å². The molecule has 0 aliphatic carbocycles. The molecular weight excluding hydrogens is 460 g/mol. The number of carbonyl (C=O) groups excluding carboxylic acids is 1. The molecule has 11 heteroatoms. The van der Waals surface area contributed by atoms with E-state index in [1.165, 1.54) is 4.68 Å². The monoisotopic (exact) mass is 482 g/mol. The number of ether oxygens (including phenoxy) is 1. The fourth-order valence-corrected chi connectivity index (χ4v) is 3.84. The largest absolute Gasteiger partial charge is 0.494 e. The van der Waals surface area contributed by atoms with Gasteiger partial charge in [-0.1, -0.05) is 47.7 Å². The van der Waals surface area contributed by atoms with Crippen molar-refractivity contribution in [2.24, 2.45) is 5.10 Å². The maximum absolute atomic E-state index is 13.2. The van der Waals surface area contributed by atoms with E-state index in [0.29, 0.717) is 29.3 Å². The number of hydrogen-bond acceptors (Lipinski definition) is 9. The third-order valence-corrected chi connectivity index (χ3v) is 5.52. The van der Waals surface area contributed by atoms with Gasteiger partial charge >= 0.3 is 0 Å². The summed E-state index contributed by atoms with van der Waals surface area (Å²) in [6, 6.07) is 21.0. The van der Waals surface area contributed by atoms with Gasteiger partial charge in [-0.05, 0) is 59.2 Å². The standard InChI is InChI=1S/C25H22N8O3/c1-3-35-18-13-11-17(12-14-18)22-21(28-32-33(22)24-23(26)30-36-31-24)25(34)29-27-15(2)19-10-6-8-16-7-4-5-9-20(16)19/h4-14H,3H2,1-2H3,(H2,26,30)(H,29,34)/b27-15+. The summed E-state index contributed by atoms with van der Waals surface area (Å²) in [5.41, 5.74) is 11.0. The molecule has 0 saturated heterocycles. The summed E-state index contributed by atoms with van der Waals surface area (Å²) in [5.74, 6) is 0.244. The molecule has 36 heavy (non-hydrogen) atoms. The van der Waals surface area contributed by atoms with Crippen molar-refractivity contribution >= 4 is 28.2 Å². The van der Waals surface area contributed by atoms with Crippen LogP contribution in [0.2, 0.25) is 0 Å². The summed E-state index contributed by atoms with van der Waals surface area (Å²) < 4.78 is 11.5. The molecule has 2 aromatic heterocycles. The minimum absolute atomic E-state index is 0.00358. The number of aromatic nitrogens is 5. The van der Waals surface area contributed by atoms with Crippen LogP contribution < -0.4 is 15.9 Å². The predicted octanol–water partition coefficient (Wildman–Crippen LogP) is 3.61. The van der Waals surface area contributed by atoms with E-state index in [-0.39, 0.29) is 17.3 Å². The Morgan fingerprint density at radius 1 is 1.08 bits per heavy atom. The second-order valence-electron chi connectivity index (χ2n) is 7.79. The number of rotatable bonds is 7. The molecule has 5 aromatic rings. The van der Waals surface area contributed by atoms with Crippen LogP contribution >= 0.6 is 0 Å². The third kappa shape index (κ3) is 4.25. The summed E-state index contributed by atoms with van der Waals surface area (Å²) in [6.45, 7) is 4.26. The number of hydrogen-bond donors (Lipinski definition) is 2. The normalized spacial score (nSPS) is 11.6. The highest BCUT2D eigenvalue weighted by Gasteiger charge is 2.25. The molecule has 0 unspecified atom stereocenters. The number of nitrogens with one attached hydrogen (secondary N) is 1. The summed E-state index contributed by atoms with van der Waals surface area (Å²) in [5, 5.41) is 22.0. The van der Waals surface area contributed by atoms with Gasteiger partial charge in [-0.2, -0.15) is 9.78 Å². The minimum Gasteiger partial charge on any atom is -0.494 e. The second-order valence-corrected chi connectivity index (χ2v) is 7.79. The van der Waals surface area contributed by atoms with Crippen molar-refractivity contribution in [2.45, 2.75) is 13.8 Å². The van der Waals surface area contributed by atoms with E-state index < -0.39 is 5.91 Å². The molecule has 3 aromatic carbocycles. The lowest BCUT2D eigenvalue weighted by Gasteiger charge is -2.08. The Morgan fingerprint density at radius 2 is 1.86 bits per heavy atom. The number of fused-ring (bicyclic) bond motifs is 1. The number of anilines is 1. The van der Waals surface area contributed by atoms with Gasteiger partial charge in [0.15, 0.2) is 5.69 Å². The van der Waals surface area contributed by atoms with Crippen molar-refractivity contribution in [3.63, 3.8) is 0 Å². The molecule has 0 spiro atoms. The summed E-state index contributed by atoms with van der Waals surface area (Å²) >= 11 is 0. The van der Waals surface area contributed by atoms with Gasteiger partial charge in [-0.25, -0.2) is 10.1 Å². The first-order valence-electron chi connectivity index (χ1n) is 11.2. The van der Waals surface area contributed by atoms with Crippen LogP contribution in [0.3, 0.4) is 0 Å². The average Bonchev–Trinajstić information content (AvgIpc) is 3.53. The fraction of sp³-hybridized carbons (Fsp3) is 0.120. The summed E-state index contributed by atoms with van der Waals surface area (Å²) in [6.07, 6.45) is 0. The molecule has 0 radical (unpaired) electrons. The van der Waals surface area contributed by atoms with Gasteiger partial charge in [0.25, 0.3) is 5.91 Å². The third-order valence-electron chi connectivity index (χ3n) is 5.52. The van der Waals surface area contributed by atoms with Crippen molar-refractivity contribution in [3.05, 3.63) is 78.0 Å². The molecule has 0 aliphatic rings. The summed E-state index contributed by atoms with van der Waals surface area (Å²) in [4.78, 5) is 13.2. The van der Waals surface area contributed by atoms with Crippen molar-refractivity contribution < 1.29 is 14.2 Å². The van der Waals surface area contributed by atoms with Crippen LogP contribution in [0.5, 0.6) is 5.75 Å². The highest BCUT2D eigenvalue weighted by atomic mass is 16.6. The van der Waals surface area contributed by atoms with Crippen molar-refractivity contribution in [1.29, 1.82) is 0 Å². The number of carbonyl (C=O) groups is 1. The highest BCUT2D eigenvalue weighted by Crippen LogP contribution is 2.28. The maximum Gasteiger partial charge on any atom is 0.294 e. The first-order valence-corrected chi connectivity index (χ1v) is 11.2. The number of benzene rings is 3. The van der Waals surface area contributed by atoms with Crippen LogP contribution in [-0.4, -0.2) is 43.5 Å². The van der Waals surface area contributed by atoms with E-state index in [2.05, 4.69) is 31.2 Å². The molecule has 5 rings (SSSR count). The second kappa shape index (κ2) is 9.66. The number of hydrazone groups is 1. The molecule has 11 nitrogen and oxygen atoms in total. The lowest BCUT2D eigenvalue weighted by molar-refractivity contribution is 0.0950. The van der Waals surface area contributed by atoms with Crippen LogP contribution in [0.25, 0.3) is 27.8 Å². The van der Waals surface area contributed by atoms with Crippen LogP contribution in [0, 0.1) is 0 Å². The molecule has 0 atom stereocenters. The van der Waals surface area contributed by atoms with E-state index in [1.54, 1.807) is 24.3 Å². The van der Waals surface area contributed by atoms with Crippen molar-refractivity contribution in [3.8, 4) is 22.8 Å². The Balaban J connectivity index is 1.51. The van der Waals surface area contributed by atoms with Crippen LogP contribution in [-0.2, 0) is 0 Å². The number of amides is 1. The molecule has 3 N–H and O–H groups in total. The van der Waals surface area contributed by atoms with E-state index in [9.17, 15) is 4.79 Å². The number of nitrogen functional groups attached to an aromatic ring is 1. The average molecular weight is 483 g/mol. The van der Waals surface area contributed by atoms with Gasteiger partial charge in [0.05, 0.1) is 12.3 Å². The number of nitrogens with two attached hydrogens (primary N) is 1. The van der Waals surface area contributed by atoms with Gasteiger partial charge < -0.3 is 10.5 Å². The number of nitrogens with zero attached hydrogens (tertiary/aromatic N) is 6. The van der Waals surface area contributed by atoms with Crippen LogP contribution in [0.1, 0.15) is 29.9 Å². The first-order chi connectivity index (χ1) is 17.6. The quantitative estimate of drug-likeness (QED) is 0.264. The Labute approximate surface area is 205 Å². The fourth-order valence-electron chi connectivity index (χ4n) is 3.84. The van der Waals surface area contributed by atoms with E-state index >= 15 is 0 Å². The Bertz CT molecular complexity index is 1560. The lowest BCUT2D eigenvalue weighted by atomic mass is 10.0. The van der Waals surface area contributed by atoms with Gasteiger partial charge in [0.1, 0.15) is 11.4 Å². The molecule has 0 aliphatic heterocycles. The summed E-state index contributed by atoms with van der Waals surface area (Å²) in [7, 11) is 0. The van der Waals surface area contributed by atoms with Crippen molar-refractivity contribution in [1.82, 2.24) is 30.7 Å².